The third kappa shape index (κ3) is 4.49. The van der Waals surface area contributed by atoms with Gasteiger partial charge in [-0.05, 0) is 17.7 Å². The van der Waals surface area contributed by atoms with Gasteiger partial charge in [-0.25, -0.2) is 15.3 Å². The minimum atomic E-state index is -0.725. The van der Waals surface area contributed by atoms with Gasteiger partial charge in [-0.3, -0.25) is 14.6 Å². The molecule has 1 aromatic carbocycles. The number of halogens is 1. The average Bonchev–Trinajstić information content (AvgIpc) is 2.42. The highest BCUT2D eigenvalue weighted by molar-refractivity contribution is 9.10. The number of hydrogen-bond acceptors (Lipinski definition) is 5. The summed E-state index contributed by atoms with van der Waals surface area (Å²) in [6, 6.07) is 7.33. The summed E-state index contributed by atoms with van der Waals surface area (Å²) in [5, 5.41) is 9.31. The number of carbonyl (C=O) groups is 1. The Kier molecular flexibility index (Phi) is 4.77. The number of amides is 1. The zero-order valence-electron chi connectivity index (χ0n) is 10.6. The van der Waals surface area contributed by atoms with Crippen LogP contribution in [-0.2, 0) is 11.2 Å². The summed E-state index contributed by atoms with van der Waals surface area (Å²) in [6.07, 6.45) is 1.18. The van der Waals surface area contributed by atoms with E-state index in [4.69, 9.17) is 0 Å². The molecule has 1 aromatic heterocycles. The first-order chi connectivity index (χ1) is 10.0. The van der Waals surface area contributed by atoms with Crippen molar-refractivity contribution in [2.45, 2.75) is 6.42 Å². The minimum Gasteiger partial charge on any atom is -0.273 e. The van der Waals surface area contributed by atoms with Gasteiger partial charge in [0.2, 0.25) is 5.91 Å². The van der Waals surface area contributed by atoms with Crippen LogP contribution in [0.15, 0.2) is 43.4 Å². The first-order valence-electron chi connectivity index (χ1n) is 5.80. The number of benzene rings is 1. The molecule has 0 bridgehead atoms. The van der Waals surface area contributed by atoms with Crippen molar-refractivity contribution < 1.29 is 4.79 Å². The van der Waals surface area contributed by atoms with Crippen LogP contribution in [0.1, 0.15) is 11.3 Å². The van der Waals surface area contributed by atoms with E-state index < -0.39 is 17.2 Å². The molecule has 0 saturated heterocycles. The van der Waals surface area contributed by atoms with Gasteiger partial charge in [0.1, 0.15) is 5.69 Å². The zero-order valence-corrected chi connectivity index (χ0v) is 12.2. The zero-order chi connectivity index (χ0) is 15.2. The van der Waals surface area contributed by atoms with Crippen molar-refractivity contribution in [3.63, 3.8) is 0 Å². The number of hydrazone groups is 1. The highest BCUT2D eigenvalue weighted by Crippen LogP contribution is 2.09. The Hall–Kier alpha value is -2.55. The fourth-order valence-corrected chi connectivity index (χ4v) is 1.87. The van der Waals surface area contributed by atoms with E-state index in [0.717, 1.165) is 10.0 Å². The van der Waals surface area contributed by atoms with Crippen molar-refractivity contribution in [2.75, 3.05) is 0 Å². The molecule has 2 rings (SSSR count). The molecular weight excluding hydrogens is 342 g/mol. The lowest BCUT2D eigenvalue weighted by Crippen LogP contribution is -2.31. The SMILES string of the molecule is O=C(Cc1n[nH]c(=O)[nH]c1=O)N/N=C/c1cccc(Br)c1. The second-order valence-corrected chi connectivity index (χ2v) is 4.89. The summed E-state index contributed by atoms with van der Waals surface area (Å²) in [4.78, 5) is 35.7. The number of nitrogens with zero attached hydrogens (tertiary/aromatic N) is 2. The van der Waals surface area contributed by atoms with Gasteiger partial charge in [0.15, 0.2) is 0 Å². The van der Waals surface area contributed by atoms with E-state index in [1.165, 1.54) is 6.21 Å². The van der Waals surface area contributed by atoms with Gasteiger partial charge in [0, 0.05) is 4.47 Å². The second kappa shape index (κ2) is 6.75. The molecule has 0 aliphatic rings. The molecule has 0 atom stereocenters. The minimum absolute atomic E-state index is 0.0928. The summed E-state index contributed by atoms with van der Waals surface area (Å²) < 4.78 is 0.891. The fraction of sp³-hybridized carbons (Fsp3) is 0.0833. The van der Waals surface area contributed by atoms with Crippen LogP contribution in [0, 0.1) is 0 Å². The van der Waals surface area contributed by atoms with Crippen LogP contribution in [0.2, 0.25) is 0 Å². The lowest BCUT2D eigenvalue weighted by atomic mass is 10.2. The quantitative estimate of drug-likeness (QED) is 0.526. The number of aromatic amines is 2. The standard InChI is InChI=1S/C12H10BrN5O3/c13-8-3-1-2-7(4-8)6-14-17-10(19)5-9-11(20)15-12(21)18-16-9/h1-4,6H,5H2,(H,17,19)(H2,15,18,20,21)/b14-6+. The maximum atomic E-state index is 11.6. The van der Waals surface area contributed by atoms with Gasteiger partial charge in [-0.2, -0.15) is 10.2 Å². The molecule has 21 heavy (non-hydrogen) atoms. The fourth-order valence-electron chi connectivity index (χ4n) is 1.45. The van der Waals surface area contributed by atoms with E-state index >= 15 is 0 Å². The van der Waals surface area contributed by atoms with Crippen molar-refractivity contribution in [2.24, 2.45) is 5.10 Å². The van der Waals surface area contributed by atoms with E-state index in [1.807, 2.05) is 34.3 Å². The molecule has 1 heterocycles. The molecule has 8 nitrogen and oxygen atoms in total. The summed E-state index contributed by atoms with van der Waals surface area (Å²) in [6.45, 7) is 0. The van der Waals surface area contributed by atoms with Crippen LogP contribution in [-0.4, -0.2) is 27.3 Å². The molecule has 1 amide bonds. The Balaban J connectivity index is 1.96. The Bertz CT molecular complexity index is 796. The van der Waals surface area contributed by atoms with Crippen molar-refractivity contribution in [3.8, 4) is 0 Å². The number of hydrogen-bond donors (Lipinski definition) is 3. The predicted molar refractivity (Wildman–Crippen MR) is 79.1 cm³/mol. The average molecular weight is 352 g/mol. The van der Waals surface area contributed by atoms with Gasteiger partial charge < -0.3 is 0 Å². The number of nitrogens with one attached hydrogen (secondary N) is 3. The summed E-state index contributed by atoms with van der Waals surface area (Å²) in [5.74, 6) is -0.522. The van der Waals surface area contributed by atoms with Crippen molar-refractivity contribution in [1.82, 2.24) is 20.6 Å². The van der Waals surface area contributed by atoms with E-state index in [2.05, 4.69) is 31.6 Å². The lowest BCUT2D eigenvalue weighted by Gasteiger charge is -1.98. The summed E-state index contributed by atoms with van der Waals surface area (Å²) >= 11 is 3.32. The van der Waals surface area contributed by atoms with Crippen molar-refractivity contribution in [3.05, 3.63) is 60.8 Å². The number of aromatic nitrogens is 3. The Morgan fingerprint density at radius 2 is 2.24 bits per heavy atom. The van der Waals surface area contributed by atoms with Gasteiger partial charge in [0.05, 0.1) is 12.6 Å². The maximum Gasteiger partial charge on any atom is 0.342 e. The molecule has 9 heteroatoms. The Morgan fingerprint density at radius 3 is 2.95 bits per heavy atom. The molecule has 0 aliphatic heterocycles. The first kappa shape index (κ1) is 14.9. The molecule has 0 radical (unpaired) electrons. The van der Waals surface area contributed by atoms with Crippen LogP contribution < -0.4 is 16.7 Å². The molecule has 0 spiro atoms. The number of carbonyl (C=O) groups excluding carboxylic acids is 1. The van der Waals surface area contributed by atoms with E-state index in [1.54, 1.807) is 0 Å². The van der Waals surface area contributed by atoms with Gasteiger partial charge in [0.25, 0.3) is 5.56 Å². The van der Waals surface area contributed by atoms with E-state index in [-0.39, 0.29) is 12.1 Å². The molecular formula is C12H10BrN5O3. The number of rotatable bonds is 4. The molecule has 108 valence electrons. The predicted octanol–water partition coefficient (Wildman–Crippen LogP) is -0.0865. The second-order valence-electron chi connectivity index (χ2n) is 3.98. The molecule has 0 aliphatic carbocycles. The highest BCUT2D eigenvalue weighted by atomic mass is 79.9. The highest BCUT2D eigenvalue weighted by Gasteiger charge is 2.08. The van der Waals surface area contributed by atoms with Gasteiger partial charge in [-0.15, -0.1) is 0 Å². The molecule has 3 N–H and O–H groups in total. The largest absolute Gasteiger partial charge is 0.342 e. The van der Waals surface area contributed by atoms with Gasteiger partial charge in [-0.1, -0.05) is 28.1 Å². The van der Waals surface area contributed by atoms with Crippen molar-refractivity contribution >= 4 is 28.1 Å². The molecule has 0 fully saturated rings. The normalized spacial score (nSPS) is 10.7. The van der Waals surface area contributed by atoms with Crippen molar-refractivity contribution in [1.29, 1.82) is 0 Å². The smallest absolute Gasteiger partial charge is 0.273 e. The third-order valence-electron chi connectivity index (χ3n) is 2.36. The third-order valence-corrected chi connectivity index (χ3v) is 2.85. The van der Waals surface area contributed by atoms with E-state index in [0.29, 0.717) is 0 Å². The van der Waals surface area contributed by atoms with Crippen LogP contribution in [0.3, 0.4) is 0 Å². The van der Waals surface area contributed by atoms with Crippen LogP contribution in [0.5, 0.6) is 0 Å². The van der Waals surface area contributed by atoms with Crippen LogP contribution in [0.25, 0.3) is 0 Å². The Labute approximate surface area is 126 Å². The first-order valence-corrected chi connectivity index (χ1v) is 6.59. The van der Waals surface area contributed by atoms with Crippen LogP contribution in [0.4, 0.5) is 0 Å². The molecule has 0 unspecified atom stereocenters. The monoisotopic (exact) mass is 351 g/mol. The maximum absolute atomic E-state index is 11.6. The van der Waals surface area contributed by atoms with Gasteiger partial charge >= 0.3 is 5.69 Å². The summed E-state index contributed by atoms with van der Waals surface area (Å²) in [5.41, 5.74) is 1.55. The number of H-pyrrole nitrogens is 2. The lowest BCUT2D eigenvalue weighted by molar-refractivity contribution is -0.120. The van der Waals surface area contributed by atoms with E-state index in [9.17, 15) is 14.4 Å². The molecule has 0 saturated carbocycles. The Morgan fingerprint density at radius 1 is 1.43 bits per heavy atom. The van der Waals surface area contributed by atoms with Crippen LogP contribution >= 0.6 is 15.9 Å². The topological polar surface area (TPSA) is 120 Å². The summed E-state index contributed by atoms with van der Waals surface area (Å²) in [7, 11) is 0. The molecule has 2 aromatic rings.